The van der Waals surface area contributed by atoms with Crippen LogP contribution >= 0.6 is 11.8 Å². The molecule has 0 aliphatic heterocycles. The van der Waals surface area contributed by atoms with Crippen LogP contribution in [-0.4, -0.2) is 420 Å². The molecule has 35 heteroatoms. The zero-order chi connectivity index (χ0) is 72.8. The van der Waals surface area contributed by atoms with Crippen molar-refractivity contribution in [2.75, 3.05) is 401 Å². The zero-order valence-electron chi connectivity index (χ0n) is 61.4. The van der Waals surface area contributed by atoms with Gasteiger partial charge in [0.05, 0.1) is 401 Å². The van der Waals surface area contributed by atoms with Crippen molar-refractivity contribution in [2.24, 2.45) is 0 Å². The third kappa shape index (κ3) is 91.3. The van der Waals surface area contributed by atoms with Crippen molar-refractivity contribution in [3.8, 4) is 0 Å². The van der Waals surface area contributed by atoms with Gasteiger partial charge in [0.15, 0.2) is 9.84 Å². The van der Waals surface area contributed by atoms with Crippen LogP contribution in [0.2, 0.25) is 0 Å². The van der Waals surface area contributed by atoms with E-state index in [0.29, 0.717) is 389 Å². The van der Waals surface area contributed by atoms with Crippen molar-refractivity contribution in [2.45, 2.75) is 32.2 Å². The van der Waals surface area contributed by atoms with Crippen molar-refractivity contribution >= 4 is 21.6 Å². The van der Waals surface area contributed by atoms with Gasteiger partial charge in [-0.3, -0.25) is 0 Å². The van der Waals surface area contributed by atoms with Crippen molar-refractivity contribution in [3.05, 3.63) is 0 Å². The van der Waals surface area contributed by atoms with Crippen LogP contribution in [0.15, 0.2) is 0 Å². The zero-order valence-corrected chi connectivity index (χ0v) is 63.0. The predicted molar refractivity (Wildman–Crippen MR) is 372 cm³/mol. The molecule has 0 aromatic heterocycles. The fraction of sp³-hybridized carbons (Fsp3) is 1.00. The number of hydrogen-bond donors (Lipinski definition) is 2. The summed E-state index contributed by atoms with van der Waals surface area (Å²) < 4.78 is 183. The molecule has 0 spiro atoms. The molecule has 0 bridgehead atoms. The molecule has 101 heavy (non-hydrogen) atoms. The fourth-order valence-corrected chi connectivity index (χ4v) is 8.65. The second-order valence-electron chi connectivity index (χ2n) is 21.7. The lowest BCUT2D eigenvalue weighted by molar-refractivity contribution is -0.0324. The van der Waals surface area contributed by atoms with Gasteiger partial charge in [-0.25, -0.2) is 13.3 Å². The van der Waals surface area contributed by atoms with E-state index in [1.165, 1.54) is 0 Å². The number of hydrogen-bond acceptors (Lipinski definition) is 33. The van der Waals surface area contributed by atoms with E-state index in [-0.39, 0.29) is 30.3 Å². The van der Waals surface area contributed by atoms with Gasteiger partial charge in [0, 0.05) is 5.54 Å². The van der Waals surface area contributed by atoms with Crippen LogP contribution in [0.5, 0.6) is 0 Å². The van der Waals surface area contributed by atoms with Gasteiger partial charge in [0.2, 0.25) is 0 Å². The summed E-state index contributed by atoms with van der Waals surface area (Å²) in [7, 11) is -3.16. The molecule has 0 atom stereocenters. The standard InChI is InChI=1S/C66H134ClNO32S/c1-66(2,68-67)4-3-64-101(70,71)65-63-100-62-61-99-60-59-98-58-57-97-56-55-96-54-53-95-52-51-94-50-49-93-48-47-92-46-45-91-44-43-90-42-41-89-40-39-88-38-37-87-36-35-86-34-33-85-32-31-84-30-29-83-28-27-82-26-25-81-24-23-80-22-21-79-20-19-78-18-17-77-16-15-76-14-13-75-12-11-74-10-9-73-8-7-72-6-5-69/h68-69H,3-65H2,1-2H3. The molecule has 0 aliphatic carbocycles. The van der Waals surface area contributed by atoms with Crippen molar-refractivity contribution in [3.63, 3.8) is 0 Å². The van der Waals surface area contributed by atoms with Crippen LogP contribution in [0.3, 0.4) is 0 Å². The minimum Gasteiger partial charge on any atom is -0.394 e. The van der Waals surface area contributed by atoms with E-state index in [4.69, 9.17) is 154 Å². The molecular weight excluding hydrogens is 1390 g/mol. The number of sulfone groups is 1. The lowest BCUT2D eigenvalue weighted by Crippen LogP contribution is -2.33. The van der Waals surface area contributed by atoms with E-state index in [2.05, 4.69) is 4.84 Å². The van der Waals surface area contributed by atoms with Gasteiger partial charge in [0.25, 0.3) is 0 Å². The third-order valence-electron chi connectivity index (χ3n) is 12.7. The van der Waals surface area contributed by atoms with Crippen LogP contribution in [0.4, 0.5) is 0 Å². The lowest BCUT2D eigenvalue weighted by Gasteiger charge is -2.21. The minimum absolute atomic E-state index is 0.00962. The highest BCUT2D eigenvalue weighted by Crippen LogP contribution is 2.13. The van der Waals surface area contributed by atoms with E-state index in [9.17, 15) is 8.42 Å². The summed E-state index contributed by atoms with van der Waals surface area (Å²) in [5.41, 5.74) is -0.304. The second kappa shape index (κ2) is 87.9. The molecule has 0 fully saturated rings. The first kappa shape index (κ1) is 100. The summed E-state index contributed by atoms with van der Waals surface area (Å²) in [6.45, 7) is 30.6. The Morgan fingerprint density at radius 3 is 0.455 bits per heavy atom. The minimum atomic E-state index is -3.16. The van der Waals surface area contributed by atoms with Gasteiger partial charge in [-0.05, 0) is 38.5 Å². The van der Waals surface area contributed by atoms with Crippen molar-refractivity contribution < 1.29 is 151 Å². The number of halogens is 1. The monoisotopic (exact) mass is 1520 g/mol. The Morgan fingerprint density at radius 1 is 0.218 bits per heavy atom. The average molecular weight is 1520 g/mol. The highest BCUT2D eigenvalue weighted by Gasteiger charge is 2.18. The lowest BCUT2D eigenvalue weighted by atomic mass is 10.0. The maximum Gasteiger partial charge on any atom is 0.152 e. The number of aliphatic hydroxyl groups is 1. The van der Waals surface area contributed by atoms with Gasteiger partial charge in [0.1, 0.15) is 0 Å². The Balaban J connectivity index is 3.12. The molecule has 0 saturated carbocycles. The average Bonchev–Trinajstić information content (AvgIpc) is 1.78. The second-order valence-corrected chi connectivity index (χ2v) is 24.2. The maximum atomic E-state index is 12.1. The molecule has 0 radical (unpaired) electrons. The molecule has 0 aromatic rings. The smallest absolute Gasteiger partial charge is 0.152 e. The SMILES string of the molecule is CC(C)(CCCS(=O)(=O)CCOCCOCCOCCOCCOCCOCCOCCOCCOCCOCCOCCOCCOCCOCCOCCOCCOCCOCCOCCOCCOCCOCCOCCOCCOCCOCCOCCOCCOCCO)NCl. The van der Waals surface area contributed by atoms with E-state index >= 15 is 0 Å². The van der Waals surface area contributed by atoms with Crippen LogP contribution < -0.4 is 4.84 Å². The van der Waals surface area contributed by atoms with Gasteiger partial charge in [-0.1, -0.05) is 0 Å². The van der Waals surface area contributed by atoms with E-state index in [0.717, 1.165) is 0 Å². The molecule has 0 heterocycles. The highest BCUT2D eigenvalue weighted by molar-refractivity contribution is 7.91. The van der Waals surface area contributed by atoms with Crippen LogP contribution in [0.25, 0.3) is 0 Å². The Morgan fingerprint density at radius 2 is 0.337 bits per heavy atom. The Hall–Kier alpha value is -1.00. The summed E-state index contributed by atoms with van der Waals surface area (Å²) in [5, 5.41) is 8.62. The van der Waals surface area contributed by atoms with Gasteiger partial charge >= 0.3 is 0 Å². The number of ether oxygens (including phenoxy) is 29. The molecule has 2 N–H and O–H groups in total. The Bertz CT molecular complexity index is 1640. The first-order valence-electron chi connectivity index (χ1n) is 35.8. The molecule has 33 nitrogen and oxygen atoms in total. The van der Waals surface area contributed by atoms with Gasteiger partial charge in [-0.15, -0.1) is 0 Å². The maximum absolute atomic E-state index is 12.1. The van der Waals surface area contributed by atoms with Gasteiger partial charge in [-0.2, -0.15) is 0 Å². The quantitative estimate of drug-likeness (QED) is 0.0638. The van der Waals surface area contributed by atoms with E-state index < -0.39 is 9.84 Å². The van der Waals surface area contributed by atoms with Gasteiger partial charge < -0.3 is 142 Å². The summed E-state index contributed by atoms with van der Waals surface area (Å²) in [5.74, 6) is 0.103. The third-order valence-corrected chi connectivity index (χ3v) is 14.9. The normalized spacial score (nSPS) is 12.2. The van der Waals surface area contributed by atoms with Crippen LogP contribution in [-0.2, 0) is 147 Å². The van der Waals surface area contributed by atoms with Crippen LogP contribution in [0, 0.1) is 0 Å². The molecular formula is C66H134ClNO32S. The van der Waals surface area contributed by atoms with Crippen molar-refractivity contribution in [1.29, 1.82) is 0 Å². The topological polar surface area (TPSA) is 334 Å². The summed E-state index contributed by atoms with van der Waals surface area (Å²) in [6.07, 6.45) is 1.20. The molecule has 0 unspecified atom stereocenters. The number of aliphatic hydroxyl groups excluding tert-OH is 1. The molecule has 0 saturated heterocycles. The summed E-state index contributed by atoms with van der Waals surface area (Å²) >= 11 is 5.66. The number of rotatable bonds is 94. The summed E-state index contributed by atoms with van der Waals surface area (Å²) in [4.78, 5) is 2.66. The highest BCUT2D eigenvalue weighted by atomic mass is 35.5. The Labute approximate surface area is 608 Å². The largest absolute Gasteiger partial charge is 0.394 e. The molecule has 0 aromatic carbocycles. The molecule has 0 aliphatic rings. The predicted octanol–water partition coefficient (Wildman–Crippen LogP) is 1.18. The van der Waals surface area contributed by atoms with E-state index in [1.807, 2.05) is 13.8 Å². The molecule has 608 valence electrons. The first-order chi connectivity index (χ1) is 49.8. The fourth-order valence-electron chi connectivity index (χ4n) is 7.39. The summed E-state index contributed by atoms with van der Waals surface area (Å²) in [6, 6.07) is 0. The van der Waals surface area contributed by atoms with E-state index in [1.54, 1.807) is 0 Å². The number of nitrogens with one attached hydrogen (secondary N) is 1. The molecule has 0 rings (SSSR count). The van der Waals surface area contributed by atoms with Crippen molar-refractivity contribution in [1.82, 2.24) is 4.84 Å². The molecule has 0 amide bonds. The first-order valence-corrected chi connectivity index (χ1v) is 38.0. The van der Waals surface area contributed by atoms with Crippen LogP contribution in [0.1, 0.15) is 26.7 Å². The Kier molecular flexibility index (Phi) is 87.0.